The predicted molar refractivity (Wildman–Crippen MR) is 83.8 cm³/mol. The molecular formula is C17H25NS. The third-order valence-electron chi connectivity index (χ3n) is 4.69. The van der Waals surface area contributed by atoms with E-state index in [0.29, 0.717) is 0 Å². The van der Waals surface area contributed by atoms with Gasteiger partial charge in [0.05, 0.1) is 0 Å². The molecule has 0 amide bonds. The Bertz CT molecular complexity index is 392. The Morgan fingerprint density at radius 3 is 2.79 bits per heavy atom. The van der Waals surface area contributed by atoms with Crippen LogP contribution in [-0.2, 0) is 6.42 Å². The highest BCUT2D eigenvalue weighted by Crippen LogP contribution is 2.45. The first-order chi connectivity index (χ1) is 9.36. The highest BCUT2D eigenvalue weighted by atomic mass is 32.2. The minimum atomic E-state index is 0.844. The fraction of sp³-hybridized carbons (Fsp3) is 0.647. The van der Waals surface area contributed by atoms with Crippen LogP contribution in [0.1, 0.15) is 38.2 Å². The molecule has 104 valence electrons. The summed E-state index contributed by atoms with van der Waals surface area (Å²) in [6.45, 7) is 4.69. The maximum atomic E-state index is 3.60. The zero-order chi connectivity index (χ0) is 13.1. The zero-order valence-electron chi connectivity index (χ0n) is 11.9. The fourth-order valence-corrected chi connectivity index (χ4v) is 4.83. The number of thioether (sulfide) groups is 1. The van der Waals surface area contributed by atoms with Crippen molar-refractivity contribution in [3.63, 3.8) is 0 Å². The molecule has 2 aliphatic rings. The van der Waals surface area contributed by atoms with Crippen LogP contribution in [0.5, 0.6) is 0 Å². The minimum Gasteiger partial charge on any atom is -0.316 e. The molecule has 1 aromatic rings. The monoisotopic (exact) mass is 275 g/mol. The van der Waals surface area contributed by atoms with E-state index in [1.807, 2.05) is 0 Å². The minimum absolute atomic E-state index is 0.844. The zero-order valence-corrected chi connectivity index (χ0v) is 12.7. The molecule has 1 saturated carbocycles. The second-order valence-corrected chi connectivity index (χ2v) is 7.43. The molecule has 0 spiro atoms. The largest absolute Gasteiger partial charge is 0.316 e. The molecule has 19 heavy (non-hydrogen) atoms. The molecular weight excluding hydrogens is 250 g/mol. The smallest absolute Gasteiger partial charge is 0.0138 e. The van der Waals surface area contributed by atoms with E-state index in [0.717, 1.165) is 17.1 Å². The summed E-state index contributed by atoms with van der Waals surface area (Å²) in [6.07, 6.45) is 6.90. The molecule has 0 bridgehead atoms. The van der Waals surface area contributed by atoms with Gasteiger partial charge in [-0.1, -0.05) is 25.1 Å². The SMILES string of the molecule is CCCNCC1CCC1CC1Cc2ccccc2S1. The summed E-state index contributed by atoms with van der Waals surface area (Å²) in [5, 5.41) is 4.45. The van der Waals surface area contributed by atoms with Crippen molar-refractivity contribution in [2.24, 2.45) is 11.8 Å². The summed E-state index contributed by atoms with van der Waals surface area (Å²) >= 11 is 2.12. The van der Waals surface area contributed by atoms with Crippen molar-refractivity contribution in [2.45, 2.75) is 49.2 Å². The summed E-state index contributed by atoms with van der Waals surface area (Å²) in [4.78, 5) is 1.53. The maximum Gasteiger partial charge on any atom is 0.0138 e. The van der Waals surface area contributed by atoms with E-state index in [1.54, 1.807) is 5.56 Å². The van der Waals surface area contributed by atoms with Gasteiger partial charge in [0, 0.05) is 10.1 Å². The van der Waals surface area contributed by atoms with E-state index in [2.05, 4.69) is 48.3 Å². The van der Waals surface area contributed by atoms with Crippen LogP contribution in [0.25, 0.3) is 0 Å². The van der Waals surface area contributed by atoms with E-state index >= 15 is 0 Å². The van der Waals surface area contributed by atoms with Crippen molar-refractivity contribution in [3.8, 4) is 0 Å². The van der Waals surface area contributed by atoms with E-state index in [4.69, 9.17) is 0 Å². The van der Waals surface area contributed by atoms with Gasteiger partial charge in [0.25, 0.3) is 0 Å². The van der Waals surface area contributed by atoms with Crippen LogP contribution in [-0.4, -0.2) is 18.3 Å². The van der Waals surface area contributed by atoms with Gasteiger partial charge < -0.3 is 5.32 Å². The lowest BCUT2D eigenvalue weighted by molar-refractivity contribution is 0.160. The highest BCUT2D eigenvalue weighted by Gasteiger charge is 2.34. The summed E-state index contributed by atoms with van der Waals surface area (Å²) in [6, 6.07) is 8.96. The summed E-state index contributed by atoms with van der Waals surface area (Å²) < 4.78 is 0. The quantitative estimate of drug-likeness (QED) is 0.784. The fourth-order valence-electron chi connectivity index (χ4n) is 3.40. The predicted octanol–water partition coefficient (Wildman–Crippen LogP) is 4.12. The number of nitrogens with one attached hydrogen (secondary N) is 1. The molecule has 1 N–H and O–H groups in total. The first-order valence-electron chi connectivity index (χ1n) is 7.82. The third-order valence-corrected chi connectivity index (χ3v) is 6.03. The van der Waals surface area contributed by atoms with Gasteiger partial charge in [-0.05, 0) is 68.7 Å². The number of fused-ring (bicyclic) bond motifs is 1. The molecule has 2 heteroatoms. The first-order valence-corrected chi connectivity index (χ1v) is 8.70. The van der Waals surface area contributed by atoms with Crippen LogP contribution in [0.4, 0.5) is 0 Å². The number of rotatable bonds is 6. The molecule has 3 unspecified atom stereocenters. The van der Waals surface area contributed by atoms with E-state index in [9.17, 15) is 0 Å². The van der Waals surface area contributed by atoms with Gasteiger partial charge in [-0.2, -0.15) is 0 Å². The highest BCUT2D eigenvalue weighted by molar-refractivity contribution is 8.00. The van der Waals surface area contributed by atoms with Crippen molar-refractivity contribution in [1.82, 2.24) is 5.32 Å². The Balaban J connectivity index is 1.46. The van der Waals surface area contributed by atoms with Gasteiger partial charge in [-0.3, -0.25) is 0 Å². The van der Waals surface area contributed by atoms with Crippen LogP contribution in [0, 0.1) is 11.8 Å². The molecule has 3 rings (SSSR count). The lowest BCUT2D eigenvalue weighted by Gasteiger charge is -2.38. The molecule has 0 aromatic heterocycles. The molecule has 1 heterocycles. The van der Waals surface area contributed by atoms with Gasteiger partial charge in [0.2, 0.25) is 0 Å². The summed E-state index contributed by atoms with van der Waals surface area (Å²) in [7, 11) is 0. The van der Waals surface area contributed by atoms with E-state index < -0.39 is 0 Å². The van der Waals surface area contributed by atoms with Crippen LogP contribution in [0.15, 0.2) is 29.2 Å². The molecule has 1 aliphatic carbocycles. The second-order valence-electron chi connectivity index (χ2n) is 6.09. The summed E-state index contributed by atoms with van der Waals surface area (Å²) in [5.41, 5.74) is 1.58. The lowest BCUT2D eigenvalue weighted by atomic mass is 9.71. The molecule has 0 radical (unpaired) electrons. The molecule has 1 fully saturated rings. The van der Waals surface area contributed by atoms with E-state index in [1.165, 1.54) is 50.1 Å². The summed E-state index contributed by atoms with van der Waals surface area (Å²) in [5.74, 6) is 1.94. The van der Waals surface area contributed by atoms with Crippen LogP contribution < -0.4 is 5.32 Å². The Morgan fingerprint density at radius 2 is 2.05 bits per heavy atom. The van der Waals surface area contributed by atoms with Crippen molar-refractivity contribution in [3.05, 3.63) is 29.8 Å². The van der Waals surface area contributed by atoms with E-state index in [-0.39, 0.29) is 0 Å². The van der Waals surface area contributed by atoms with Gasteiger partial charge in [0.1, 0.15) is 0 Å². The average molecular weight is 275 g/mol. The second kappa shape index (κ2) is 6.32. The molecule has 3 atom stereocenters. The Kier molecular flexibility index (Phi) is 4.49. The van der Waals surface area contributed by atoms with Gasteiger partial charge in [-0.25, -0.2) is 0 Å². The van der Waals surface area contributed by atoms with Crippen LogP contribution in [0.2, 0.25) is 0 Å². The Hall–Kier alpha value is -0.470. The van der Waals surface area contributed by atoms with Gasteiger partial charge >= 0.3 is 0 Å². The number of benzene rings is 1. The normalized spacial score (nSPS) is 29.0. The molecule has 1 aromatic carbocycles. The third kappa shape index (κ3) is 3.17. The van der Waals surface area contributed by atoms with Crippen molar-refractivity contribution in [1.29, 1.82) is 0 Å². The number of hydrogen-bond acceptors (Lipinski definition) is 2. The Labute approximate surface area is 121 Å². The lowest BCUT2D eigenvalue weighted by Crippen LogP contribution is -2.36. The van der Waals surface area contributed by atoms with Crippen LogP contribution >= 0.6 is 11.8 Å². The average Bonchev–Trinajstić information content (AvgIpc) is 2.82. The van der Waals surface area contributed by atoms with Crippen molar-refractivity contribution >= 4 is 11.8 Å². The standard InChI is InChI=1S/C17H25NS/c1-2-9-18-12-15-8-7-13(15)10-16-11-14-5-3-4-6-17(14)19-16/h3-6,13,15-16,18H,2,7-12H2,1H3. The number of hydrogen-bond donors (Lipinski definition) is 1. The van der Waals surface area contributed by atoms with Gasteiger partial charge in [-0.15, -0.1) is 11.8 Å². The molecule has 1 aliphatic heterocycles. The van der Waals surface area contributed by atoms with Crippen molar-refractivity contribution < 1.29 is 0 Å². The topological polar surface area (TPSA) is 12.0 Å². The van der Waals surface area contributed by atoms with Gasteiger partial charge in [0.15, 0.2) is 0 Å². The van der Waals surface area contributed by atoms with Crippen molar-refractivity contribution in [2.75, 3.05) is 13.1 Å². The Morgan fingerprint density at radius 1 is 1.21 bits per heavy atom. The molecule has 0 saturated heterocycles. The maximum absolute atomic E-state index is 3.60. The molecule has 1 nitrogen and oxygen atoms in total. The first kappa shape index (κ1) is 13.5. The van der Waals surface area contributed by atoms with Crippen LogP contribution in [0.3, 0.4) is 0 Å².